The number of carboxylic acids is 1. The van der Waals surface area contributed by atoms with E-state index in [1.807, 2.05) is 0 Å². The number of methoxy groups -OCH3 is 1. The molecule has 0 bridgehead atoms. The van der Waals surface area contributed by atoms with E-state index in [1.165, 1.54) is 0 Å². The summed E-state index contributed by atoms with van der Waals surface area (Å²) in [6.45, 7) is 1.73. The van der Waals surface area contributed by atoms with Gasteiger partial charge >= 0.3 is 18.3 Å². The van der Waals surface area contributed by atoms with Crippen molar-refractivity contribution in [1.82, 2.24) is 4.98 Å². The Morgan fingerprint density at radius 2 is 1.85 bits per heavy atom. The number of hydrogen-bond acceptors (Lipinski definition) is 4. The largest absolute Gasteiger partial charge is 0.481 e. The highest BCUT2D eigenvalue weighted by atomic mass is 19.4. The Balaban J connectivity index is 2.68. The fourth-order valence-electron chi connectivity index (χ4n) is 2.60. The van der Waals surface area contributed by atoms with Gasteiger partial charge in [0.15, 0.2) is 0 Å². The first-order valence-corrected chi connectivity index (χ1v) is 7.09. The molecule has 0 fully saturated rings. The second-order valence-corrected chi connectivity index (χ2v) is 5.73. The zero-order valence-electron chi connectivity index (χ0n) is 13.6. The third-order valence-corrected chi connectivity index (χ3v) is 4.21. The number of halogens is 6. The van der Waals surface area contributed by atoms with Crippen molar-refractivity contribution in [2.24, 2.45) is 5.92 Å². The molecule has 0 amide bonds. The molecule has 2 unspecified atom stereocenters. The topological polar surface area (TPSA) is 68.7 Å². The molecule has 5 nitrogen and oxygen atoms in total. The van der Waals surface area contributed by atoms with Crippen molar-refractivity contribution in [3.05, 3.63) is 29.1 Å². The number of alkyl halides is 6. The maximum atomic E-state index is 13.4. The zero-order valence-corrected chi connectivity index (χ0v) is 13.6. The molecule has 1 aliphatic heterocycles. The van der Waals surface area contributed by atoms with Gasteiger partial charge in [-0.2, -0.15) is 26.3 Å². The normalized spacial score (nSPS) is 23.8. The molecule has 1 N–H and O–H groups in total. The van der Waals surface area contributed by atoms with Gasteiger partial charge in [0, 0.05) is 17.1 Å². The Morgan fingerprint density at radius 1 is 1.27 bits per heavy atom. The number of ether oxygens (including phenoxy) is 2. The molecule has 0 radical (unpaired) electrons. The number of rotatable bonds is 3. The average Bonchev–Trinajstić information content (AvgIpc) is 2.79. The van der Waals surface area contributed by atoms with E-state index >= 15 is 0 Å². The summed E-state index contributed by atoms with van der Waals surface area (Å²) in [7, 11) is 0.969. The van der Waals surface area contributed by atoms with Crippen LogP contribution in [0.4, 0.5) is 26.3 Å². The van der Waals surface area contributed by atoms with E-state index in [-0.39, 0.29) is 5.56 Å². The first-order valence-electron chi connectivity index (χ1n) is 7.09. The van der Waals surface area contributed by atoms with Gasteiger partial charge in [0.2, 0.25) is 17.2 Å². The van der Waals surface area contributed by atoms with Crippen LogP contribution < -0.4 is 4.74 Å². The highest BCUT2D eigenvalue weighted by molar-refractivity contribution is 5.97. The molecule has 0 aliphatic carbocycles. The Labute approximate surface area is 143 Å². The maximum absolute atomic E-state index is 13.4. The molecular weight excluding hydrogens is 372 g/mol. The van der Waals surface area contributed by atoms with Crippen molar-refractivity contribution < 1.29 is 45.7 Å². The summed E-state index contributed by atoms with van der Waals surface area (Å²) in [6.07, 6.45) is -9.74. The van der Waals surface area contributed by atoms with Crippen LogP contribution in [0.25, 0.3) is 5.57 Å². The van der Waals surface area contributed by atoms with Gasteiger partial charge in [-0.05, 0) is 19.1 Å². The summed E-state index contributed by atoms with van der Waals surface area (Å²) in [5.74, 6) is -5.00. The van der Waals surface area contributed by atoms with E-state index in [0.717, 1.165) is 20.1 Å². The predicted octanol–water partition coefficient (Wildman–Crippen LogP) is 3.89. The van der Waals surface area contributed by atoms with Crippen LogP contribution in [0.1, 0.15) is 25.1 Å². The van der Waals surface area contributed by atoms with Crippen LogP contribution in [0, 0.1) is 5.92 Å². The molecule has 1 aliphatic rings. The molecule has 11 heteroatoms. The van der Waals surface area contributed by atoms with E-state index in [2.05, 4.69) is 4.98 Å². The van der Waals surface area contributed by atoms with Gasteiger partial charge in [-0.15, -0.1) is 0 Å². The lowest BCUT2D eigenvalue weighted by molar-refractivity contribution is -0.262. The van der Waals surface area contributed by atoms with Crippen LogP contribution >= 0.6 is 0 Å². The van der Waals surface area contributed by atoms with Crippen LogP contribution in [0.5, 0.6) is 5.88 Å². The summed E-state index contributed by atoms with van der Waals surface area (Å²) in [5, 5.41) is 9.22. The van der Waals surface area contributed by atoms with Gasteiger partial charge < -0.3 is 14.6 Å². The van der Waals surface area contributed by atoms with Gasteiger partial charge in [0.1, 0.15) is 5.69 Å². The molecule has 0 saturated carbocycles. The number of pyridine rings is 1. The van der Waals surface area contributed by atoms with Gasteiger partial charge in [0.25, 0.3) is 0 Å². The molecule has 26 heavy (non-hydrogen) atoms. The number of aliphatic carboxylic acids is 1. The predicted molar refractivity (Wildman–Crippen MR) is 75.1 cm³/mol. The van der Waals surface area contributed by atoms with Crippen molar-refractivity contribution in [1.29, 1.82) is 0 Å². The number of carbonyl (C=O) groups is 1. The van der Waals surface area contributed by atoms with Crippen molar-refractivity contribution in [2.75, 3.05) is 7.11 Å². The first-order chi connectivity index (χ1) is 11.7. The molecule has 144 valence electrons. The third kappa shape index (κ3) is 3.06. The van der Waals surface area contributed by atoms with Gasteiger partial charge in [-0.1, -0.05) is 6.92 Å². The Morgan fingerprint density at radius 3 is 2.27 bits per heavy atom. The lowest BCUT2D eigenvalue weighted by Crippen LogP contribution is -2.47. The van der Waals surface area contributed by atoms with E-state index in [1.54, 1.807) is 0 Å². The van der Waals surface area contributed by atoms with Crippen LogP contribution in [0.2, 0.25) is 0 Å². The first kappa shape index (κ1) is 19.9. The minimum Gasteiger partial charge on any atom is -0.481 e. The molecule has 1 aromatic rings. The highest BCUT2D eigenvalue weighted by Crippen LogP contribution is 2.53. The quantitative estimate of drug-likeness (QED) is 0.800. The minimum atomic E-state index is -4.93. The third-order valence-electron chi connectivity index (χ3n) is 4.21. The molecule has 0 saturated heterocycles. The Kier molecular flexibility index (Phi) is 4.63. The monoisotopic (exact) mass is 385 g/mol. The second kappa shape index (κ2) is 6.06. The van der Waals surface area contributed by atoms with Crippen LogP contribution in [-0.2, 0) is 15.7 Å². The van der Waals surface area contributed by atoms with E-state index in [4.69, 9.17) is 9.47 Å². The summed E-state index contributed by atoms with van der Waals surface area (Å²) in [6, 6.07) is 1.34. The minimum absolute atomic E-state index is 0.321. The fourth-order valence-corrected chi connectivity index (χ4v) is 2.60. The summed E-state index contributed by atoms with van der Waals surface area (Å²) in [5.41, 5.74) is -4.97. The van der Waals surface area contributed by atoms with Crippen molar-refractivity contribution in [3.63, 3.8) is 0 Å². The van der Waals surface area contributed by atoms with Gasteiger partial charge in [-0.3, -0.25) is 0 Å². The second-order valence-electron chi connectivity index (χ2n) is 5.73. The SMILES string of the molecule is COc1nc(C(F)(F)F)ccc1C1=C(C(=O)O)OC(C)(C(F)(F)F)C1C. The fraction of sp³-hybridized carbons (Fsp3) is 0.467. The average molecular weight is 385 g/mol. The smallest absolute Gasteiger partial charge is 0.433 e. The Hall–Kier alpha value is -2.46. The maximum Gasteiger partial charge on any atom is 0.433 e. The summed E-state index contributed by atoms with van der Waals surface area (Å²) < 4.78 is 87.9. The Bertz CT molecular complexity index is 770. The molecule has 0 aromatic carbocycles. The number of carboxylic acid groups (broad SMARTS) is 1. The molecule has 0 spiro atoms. The van der Waals surface area contributed by atoms with Crippen LogP contribution in [-0.4, -0.2) is 34.9 Å². The molecular formula is C15H13F6NO4. The van der Waals surface area contributed by atoms with Crippen molar-refractivity contribution >= 4 is 11.5 Å². The number of aromatic nitrogens is 1. The highest BCUT2D eigenvalue weighted by Gasteiger charge is 2.63. The molecule has 2 rings (SSSR count). The summed E-state index contributed by atoms with van der Waals surface area (Å²) in [4.78, 5) is 14.6. The molecule has 2 atom stereocenters. The zero-order chi connectivity index (χ0) is 20.1. The van der Waals surface area contributed by atoms with Crippen molar-refractivity contribution in [2.45, 2.75) is 31.8 Å². The lowest BCUT2D eigenvalue weighted by atomic mass is 9.83. The number of hydrogen-bond donors (Lipinski definition) is 1. The van der Waals surface area contributed by atoms with Crippen molar-refractivity contribution in [3.8, 4) is 5.88 Å². The van der Waals surface area contributed by atoms with Gasteiger partial charge in [-0.25, -0.2) is 9.78 Å². The number of nitrogens with zero attached hydrogens (tertiary/aromatic N) is 1. The van der Waals surface area contributed by atoms with E-state index in [9.17, 15) is 36.2 Å². The van der Waals surface area contributed by atoms with E-state index in [0.29, 0.717) is 13.0 Å². The lowest BCUT2D eigenvalue weighted by Gasteiger charge is -2.32. The molecule has 2 heterocycles. The molecule has 1 aromatic heterocycles. The van der Waals surface area contributed by atoms with Gasteiger partial charge in [0.05, 0.1) is 7.11 Å². The standard InChI is InChI=1S/C15H13F6NO4/c1-6-9(10(12(23)24)26-13(6,2)15(19,20)21)7-4-5-8(14(16,17)18)22-11(7)25-3/h4-6H,1-3H3,(H,23,24). The van der Waals surface area contributed by atoms with E-state index < -0.39 is 52.7 Å². The van der Waals surface area contributed by atoms with Crippen LogP contribution in [0.3, 0.4) is 0 Å². The van der Waals surface area contributed by atoms with Crippen LogP contribution in [0.15, 0.2) is 17.9 Å². The summed E-state index contributed by atoms with van der Waals surface area (Å²) >= 11 is 0.